The minimum Gasteiger partial charge on any atom is -0.480 e. The fraction of sp³-hybridized carbons (Fsp3) is 0.333. The maximum absolute atomic E-state index is 13.6. The molecule has 0 saturated carbocycles. The van der Waals surface area contributed by atoms with E-state index in [9.17, 15) is 18.4 Å². The Morgan fingerprint density at radius 3 is 2.62 bits per heavy atom. The predicted octanol–water partition coefficient (Wildman–Crippen LogP) is 2.18. The minimum absolute atomic E-state index is 0.0188. The molecule has 1 aromatic rings. The van der Waals surface area contributed by atoms with Gasteiger partial charge >= 0.3 is 12.0 Å². The van der Waals surface area contributed by atoms with Crippen molar-refractivity contribution in [3.05, 3.63) is 28.8 Å². The number of amides is 2. The number of urea groups is 1. The highest BCUT2D eigenvalue weighted by molar-refractivity contribution is 6.33. The van der Waals surface area contributed by atoms with Crippen molar-refractivity contribution in [3.8, 4) is 0 Å². The number of nitrogens with zero attached hydrogens (tertiary/aromatic N) is 1. The van der Waals surface area contributed by atoms with Gasteiger partial charge in [0.1, 0.15) is 12.4 Å². The number of hydrogen-bond donors (Lipinski definition) is 2. The number of carboxylic acid groups (broad SMARTS) is 1. The van der Waals surface area contributed by atoms with E-state index in [1.807, 2.05) is 0 Å². The van der Waals surface area contributed by atoms with E-state index in [-0.39, 0.29) is 18.2 Å². The summed E-state index contributed by atoms with van der Waals surface area (Å²) < 4.78 is 31.2. The smallest absolute Gasteiger partial charge is 0.323 e. The van der Waals surface area contributed by atoms with Gasteiger partial charge in [0.05, 0.1) is 17.3 Å². The molecule has 6 nitrogen and oxygen atoms in total. The molecule has 0 radical (unpaired) electrons. The molecule has 21 heavy (non-hydrogen) atoms. The molecule has 9 heteroatoms. The number of benzene rings is 1. The van der Waals surface area contributed by atoms with E-state index in [1.54, 1.807) is 0 Å². The molecule has 0 aromatic heterocycles. The second-order valence-corrected chi connectivity index (χ2v) is 4.39. The van der Waals surface area contributed by atoms with Crippen LogP contribution in [0.4, 0.5) is 19.3 Å². The van der Waals surface area contributed by atoms with Gasteiger partial charge in [-0.05, 0) is 6.07 Å². The van der Waals surface area contributed by atoms with Gasteiger partial charge in [-0.25, -0.2) is 13.6 Å². The lowest BCUT2D eigenvalue weighted by Crippen LogP contribution is -2.40. The molecule has 0 spiro atoms. The Hall–Kier alpha value is -1.93. The number of anilines is 1. The molecule has 0 atom stereocenters. The first-order valence-corrected chi connectivity index (χ1v) is 6.14. The summed E-state index contributed by atoms with van der Waals surface area (Å²) in [5, 5.41) is 10.5. The monoisotopic (exact) mass is 322 g/mol. The maximum Gasteiger partial charge on any atom is 0.323 e. The highest BCUT2D eigenvalue weighted by atomic mass is 35.5. The second kappa shape index (κ2) is 7.75. The van der Waals surface area contributed by atoms with Gasteiger partial charge in [0.15, 0.2) is 5.82 Å². The first-order valence-electron chi connectivity index (χ1n) is 5.76. The summed E-state index contributed by atoms with van der Waals surface area (Å²) in [4.78, 5) is 23.5. The van der Waals surface area contributed by atoms with E-state index in [0.29, 0.717) is 6.07 Å². The number of halogens is 3. The average molecular weight is 323 g/mol. The van der Waals surface area contributed by atoms with E-state index >= 15 is 0 Å². The summed E-state index contributed by atoms with van der Waals surface area (Å²) in [6.45, 7) is -0.523. The zero-order valence-electron chi connectivity index (χ0n) is 11.0. The van der Waals surface area contributed by atoms with Crippen LogP contribution in [-0.4, -0.2) is 48.8 Å². The molecular weight excluding hydrogens is 310 g/mol. The van der Waals surface area contributed by atoms with Crippen LogP contribution in [0.15, 0.2) is 12.1 Å². The quantitative estimate of drug-likeness (QED) is 0.841. The van der Waals surface area contributed by atoms with Gasteiger partial charge in [0.2, 0.25) is 0 Å². The van der Waals surface area contributed by atoms with Crippen LogP contribution in [0.3, 0.4) is 0 Å². The lowest BCUT2D eigenvalue weighted by molar-refractivity contribution is -0.137. The topological polar surface area (TPSA) is 78.9 Å². The number of methoxy groups -OCH3 is 1. The molecule has 0 fully saturated rings. The van der Waals surface area contributed by atoms with Crippen molar-refractivity contribution < 1.29 is 28.2 Å². The number of nitrogens with one attached hydrogen (secondary N) is 1. The highest BCUT2D eigenvalue weighted by Gasteiger charge is 2.19. The molecule has 0 aliphatic heterocycles. The Kier molecular flexibility index (Phi) is 6.32. The molecule has 0 unspecified atom stereocenters. The van der Waals surface area contributed by atoms with Crippen molar-refractivity contribution in [2.45, 2.75) is 0 Å². The van der Waals surface area contributed by atoms with E-state index in [4.69, 9.17) is 21.4 Å². The SMILES string of the molecule is COCCN(CC(=O)O)C(=O)Nc1c(F)cc(F)cc1Cl. The van der Waals surface area contributed by atoms with Crippen LogP contribution in [0.25, 0.3) is 0 Å². The first-order chi connectivity index (χ1) is 9.85. The first kappa shape index (κ1) is 17.1. The van der Waals surface area contributed by atoms with Crippen LogP contribution < -0.4 is 5.32 Å². The van der Waals surface area contributed by atoms with E-state index in [0.717, 1.165) is 11.0 Å². The maximum atomic E-state index is 13.6. The molecule has 116 valence electrons. The minimum atomic E-state index is -1.24. The average Bonchev–Trinajstić information content (AvgIpc) is 2.38. The molecule has 0 aliphatic carbocycles. The predicted molar refractivity (Wildman–Crippen MR) is 71.5 cm³/mol. The third-order valence-electron chi connectivity index (χ3n) is 2.42. The molecule has 0 saturated heterocycles. The molecule has 0 aliphatic rings. The van der Waals surface area contributed by atoms with Crippen molar-refractivity contribution in [3.63, 3.8) is 0 Å². The van der Waals surface area contributed by atoms with Crippen molar-refractivity contribution in [2.24, 2.45) is 0 Å². The summed E-state index contributed by atoms with van der Waals surface area (Å²) in [7, 11) is 1.38. The molecule has 2 amide bonds. The zero-order valence-corrected chi connectivity index (χ0v) is 11.8. The molecule has 1 aromatic carbocycles. The van der Waals surface area contributed by atoms with Crippen molar-refractivity contribution in [1.82, 2.24) is 4.90 Å². The van der Waals surface area contributed by atoms with Crippen molar-refractivity contribution >= 4 is 29.3 Å². The number of rotatable bonds is 6. The third kappa shape index (κ3) is 5.16. The van der Waals surface area contributed by atoms with Crippen molar-refractivity contribution in [1.29, 1.82) is 0 Å². The van der Waals surface area contributed by atoms with Gasteiger partial charge in [-0.15, -0.1) is 0 Å². The number of carbonyl (C=O) groups is 2. The largest absolute Gasteiger partial charge is 0.480 e. The molecule has 0 heterocycles. The highest BCUT2D eigenvalue weighted by Crippen LogP contribution is 2.26. The van der Waals surface area contributed by atoms with Gasteiger partial charge in [0.25, 0.3) is 0 Å². The lowest BCUT2D eigenvalue weighted by Gasteiger charge is -2.21. The van der Waals surface area contributed by atoms with Crippen LogP contribution >= 0.6 is 11.6 Å². The number of aliphatic carboxylic acids is 1. The van der Waals surface area contributed by atoms with E-state index < -0.39 is 35.9 Å². The summed E-state index contributed by atoms with van der Waals surface area (Å²) >= 11 is 5.64. The summed E-state index contributed by atoms with van der Waals surface area (Å²) in [6.07, 6.45) is 0. The van der Waals surface area contributed by atoms with E-state index in [2.05, 4.69) is 5.32 Å². The number of hydrogen-bond acceptors (Lipinski definition) is 3. The number of carbonyl (C=O) groups excluding carboxylic acids is 1. The van der Waals surface area contributed by atoms with Gasteiger partial charge in [-0.1, -0.05) is 11.6 Å². The van der Waals surface area contributed by atoms with E-state index in [1.165, 1.54) is 7.11 Å². The van der Waals surface area contributed by atoms with Crippen molar-refractivity contribution in [2.75, 3.05) is 32.1 Å². The van der Waals surface area contributed by atoms with Gasteiger partial charge in [-0.2, -0.15) is 0 Å². The Bertz CT molecular complexity index is 519. The van der Waals surface area contributed by atoms with Gasteiger partial charge in [0, 0.05) is 19.7 Å². The van der Waals surface area contributed by atoms with Gasteiger partial charge in [-0.3, -0.25) is 4.79 Å². The standard InChI is InChI=1S/C12H13ClF2N2O4/c1-21-3-2-17(6-10(18)19)12(20)16-11-8(13)4-7(14)5-9(11)15/h4-5H,2-3,6H2,1H3,(H,16,20)(H,18,19). The summed E-state index contributed by atoms with van der Waals surface area (Å²) in [5.41, 5.74) is -0.420. The number of carboxylic acids is 1. The summed E-state index contributed by atoms with van der Waals surface area (Å²) in [6, 6.07) is 0.497. The zero-order chi connectivity index (χ0) is 16.0. The van der Waals surface area contributed by atoms with Crippen LogP contribution in [0.1, 0.15) is 0 Å². The molecule has 2 N–H and O–H groups in total. The Labute approximate surface area is 124 Å². The Morgan fingerprint density at radius 2 is 2.10 bits per heavy atom. The Morgan fingerprint density at radius 1 is 1.43 bits per heavy atom. The number of ether oxygens (including phenoxy) is 1. The van der Waals surface area contributed by atoms with Gasteiger partial charge < -0.3 is 20.1 Å². The molecule has 1 rings (SSSR count). The van der Waals surface area contributed by atoms with Crippen LogP contribution in [-0.2, 0) is 9.53 Å². The lowest BCUT2D eigenvalue weighted by atomic mass is 10.3. The Balaban J connectivity index is 2.88. The summed E-state index contributed by atoms with van der Waals surface area (Å²) in [5.74, 6) is -3.19. The fourth-order valence-corrected chi connectivity index (χ4v) is 1.71. The fourth-order valence-electron chi connectivity index (χ4n) is 1.46. The van der Waals surface area contributed by atoms with Crippen LogP contribution in [0.5, 0.6) is 0 Å². The van der Waals surface area contributed by atoms with Crippen LogP contribution in [0, 0.1) is 11.6 Å². The van der Waals surface area contributed by atoms with Crippen LogP contribution in [0.2, 0.25) is 5.02 Å². The molecular formula is C12H13ClF2N2O4. The third-order valence-corrected chi connectivity index (χ3v) is 2.72. The normalized spacial score (nSPS) is 10.3. The second-order valence-electron chi connectivity index (χ2n) is 3.98. The molecule has 0 bridgehead atoms.